The molecule has 2 aromatic rings. The zero-order chi connectivity index (χ0) is 25.0. The molecule has 0 aliphatic rings. The molecule has 0 saturated heterocycles. The van der Waals surface area contributed by atoms with Gasteiger partial charge >= 0.3 is 11.9 Å². The van der Waals surface area contributed by atoms with Gasteiger partial charge in [0.15, 0.2) is 0 Å². The van der Waals surface area contributed by atoms with E-state index in [0.29, 0.717) is 26.1 Å². The molecule has 0 N–H and O–H groups in total. The fourth-order valence-electron chi connectivity index (χ4n) is 2.44. The van der Waals surface area contributed by atoms with Crippen LogP contribution in [0.15, 0.2) is 112 Å². The summed E-state index contributed by atoms with van der Waals surface area (Å²) in [6, 6.07) is 15.6. The molecule has 0 bridgehead atoms. The molecule has 2 aromatic carbocycles. The van der Waals surface area contributed by atoms with Crippen LogP contribution in [0, 0.1) is 0 Å². The van der Waals surface area contributed by atoms with Gasteiger partial charge in [-0.2, -0.15) is 0 Å². The minimum Gasteiger partial charge on any atom is -0.493 e. The number of benzene rings is 2. The minimum absolute atomic E-state index is 0.472. The summed E-state index contributed by atoms with van der Waals surface area (Å²) in [6.07, 6.45) is 9.54. The largest absolute Gasteiger partial charge is 0.493 e. The molecule has 2 rings (SSSR count). The third kappa shape index (κ3) is 11.3. The van der Waals surface area contributed by atoms with Gasteiger partial charge in [0, 0.05) is 25.0 Å². The minimum atomic E-state index is -0.488. The molecule has 178 valence electrons. The first kappa shape index (κ1) is 27.7. The molecule has 0 aliphatic carbocycles. The lowest BCUT2D eigenvalue weighted by Crippen LogP contribution is -1.97. The standard InChI is InChI=1S/C26H26O6.C2H4/c1-3-25(27)31-19-7-5-17-29-23-13-9-21(10-14-23)22-11-15-24(16-12-22)30-18-6-8-20-32-26(28)4-2;1-2/h3-4,7-16,19-20H,1-2,5-6,17-18H2;1-2H2/b19-7+,20-8+;. The molecule has 0 amide bonds. The van der Waals surface area contributed by atoms with E-state index in [1.165, 1.54) is 12.5 Å². The van der Waals surface area contributed by atoms with Crippen molar-refractivity contribution in [2.24, 2.45) is 0 Å². The Hall–Kier alpha value is -4.32. The third-order valence-corrected chi connectivity index (χ3v) is 4.04. The predicted octanol–water partition coefficient (Wildman–Crippen LogP) is 6.18. The van der Waals surface area contributed by atoms with Crippen molar-refractivity contribution in [1.29, 1.82) is 0 Å². The van der Waals surface area contributed by atoms with Crippen molar-refractivity contribution in [3.63, 3.8) is 0 Å². The summed E-state index contributed by atoms with van der Waals surface area (Å²) in [5.74, 6) is 0.547. The maximum absolute atomic E-state index is 10.9. The smallest absolute Gasteiger partial charge is 0.334 e. The average molecular weight is 463 g/mol. The first-order valence-corrected chi connectivity index (χ1v) is 10.5. The lowest BCUT2D eigenvalue weighted by atomic mass is 10.1. The van der Waals surface area contributed by atoms with Crippen molar-refractivity contribution in [3.8, 4) is 22.6 Å². The molecule has 6 heteroatoms. The Balaban J connectivity index is 0.00000281. The monoisotopic (exact) mass is 462 g/mol. The maximum Gasteiger partial charge on any atom is 0.334 e. The first-order chi connectivity index (χ1) is 16.6. The molecule has 0 saturated carbocycles. The van der Waals surface area contributed by atoms with E-state index in [9.17, 15) is 9.59 Å². The molecule has 0 spiro atoms. The van der Waals surface area contributed by atoms with Crippen LogP contribution < -0.4 is 9.47 Å². The normalized spacial score (nSPS) is 10.1. The van der Waals surface area contributed by atoms with Gasteiger partial charge in [0.05, 0.1) is 25.7 Å². The third-order valence-electron chi connectivity index (χ3n) is 4.04. The van der Waals surface area contributed by atoms with Gasteiger partial charge in [-0.15, -0.1) is 13.2 Å². The van der Waals surface area contributed by atoms with E-state index in [1.807, 2.05) is 48.5 Å². The van der Waals surface area contributed by atoms with Crippen molar-refractivity contribution in [3.05, 3.63) is 112 Å². The number of ether oxygens (including phenoxy) is 4. The van der Waals surface area contributed by atoms with Gasteiger partial charge in [-0.3, -0.25) is 0 Å². The van der Waals surface area contributed by atoms with E-state index in [4.69, 9.17) is 18.9 Å². The van der Waals surface area contributed by atoms with Crippen molar-refractivity contribution in [2.45, 2.75) is 12.8 Å². The molecule has 0 radical (unpaired) electrons. The second-order valence-corrected chi connectivity index (χ2v) is 6.35. The van der Waals surface area contributed by atoms with Crippen LogP contribution in [0.3, 0.4) is 0 Å². The Morgan fingerprint density at radius 1 is 0.647 bits per heavy atom. The van der Waals surface area contributed by atoms with Gasteiger partial charge in [0.2, 0.25) is 0 Å². The summed E-state index contributed by atoms with van der Waals surface area (Å²) < 4.78 is 20.8. The number of carbonyl (C=O) groups is 2. The molecule has 0 aromatic heterocycles. The number of carbonyl (C=O) groups excluding carboxylic acids is 2. The fraction of sp³-hybridized carbons (Fsp3) is 0.143. The highest BCUT2D eigenvalue weighted by atomic mass is 16.5. The summed E-state index contributed by atoms with van der Waals surface area (Å²) in [6.45, 7) is 13.6. The van der Waals surface area contributed by atoms with Gasteiger partial charge < -0.3 is 18.9 Å². The van der Waals surface area contributed by atoms with E-state index in [-0.39, 0.29) is 0 Å². The van der Waals surface area contributed by atoms with Crippen molar-refractivity contribution in [2.75, 3.05) is 13.2 Å². The SMILES string of the molecule is C=C.C=CC(=O)O/C=C/CCOc1ccc(-c2ccc(OCC/C=C/OC(=O)C=C)cc2)cc1. The van der Waals surface area contributed by atoms with Crippen molar-refractivity contribution >= 4 is 11.9 Å². The average Bonchev–Trinajstić information content (AvgIpc) is 2.89. The van der Waals surface area contributed by atoms with Crippen LogP contribution in [0.2, 0.25) is 0 Å². The van der Waals surface area contributed by atoms with Crippen molar-refractivity contribution < 1.29 is 28.5 Å². The number of rotatable bonds is 13. The molecule has 0 atom stereocenters. The molecular weight excluding hydrogens is 432 g/mol. The lowest BCUT2D eigenvalue weighted by Gasteiger charge is -2.08. The summed E-state index contributed by atoms with van der Waals surface area (Å²) in [4.78, 5) is 21.8. The molecule has 0 aliphatic heterocycles. The number of hydrogen-bond acceptors (Lipinski definition) is 6. The topological polar surface area (TPSA) is 71.1 Å². The quantitative estimate of drug-likeness (QED) is 0.116. The van der Waals surface area contributed by atoms with Gasteiger partial charge in [-0.25, -0.2) is 9.59 Å². The summed E-state index contributed by atoms with van der Waals surface area (Å²) in [7, 11) is 0. The zero-order valence-electron chi connectivity index (χ0n) is 19.2. The fourth-order valence-corrected chi connectivity index (χ4v) is 2.44. The van der Waals surface area contributed by atoms with Crippen molar-refractivity contribution in [1.82, 2.24) is 0 Å². The second-order valence-electron chi connectivity index (χ2n) is 6.35. The van der Waals surface area contributed by atoms with Gasteiger partial charge in [-0.05, 0) is 47.5 Å². The molecule has 0 fully saturated rings. The highest BCUT2D eigenvalue weighted by Gasteiger charge is 2.00. The molecule has 0 heterocycles. The van der Waals surface area contributed by atoms with E-state index in [0.717, 1.165) is 34.8 Å². The van der Waals surface area contributed by atoms with E-state index in [2.05, 4.69) is 26.3 Å². The highest BCUT2D eigenvalue weighted by Crippen LogP contribution is 2.24. The van der Waals surface area contributed by atoms with Gasteiger partial charge in [0.25, 0.3) is 0 Å². The van der Waals surface area contributed by atoms with Crippen LogP contribution in [0.1, 0.15) is 12.8 Å². The predicted molar refractivity (Wildman–Crippen MR) is 134 cm³/mol. The highest BCUT2D eigenvalue weighted by molar-refractivity contribution is 5.82. The van der Waals surface area contributed by atoms with Crippen LogP contribution >= 0.6 is 0 Å². The summed E-state index contributed by atoms with van der Waals surface area (Å²) >= 11 is 0. The molecular formula is C28H30O6. The van der Waals surface area contributed by atoms with Crippen LogP contribution in [0.25, 0.3) is 11.1 Å². The summed E-state index contributed by atoms with van der Waals surface area (Å²) in [5, 5.41) is 0. The van der Waals surface area contributed by atoms with Gasteiger partial charge in [-0.1, -0.05) is 37.4 Å². The molecule has 34 heavy (non-hydrogen) atoms. The van der Waals surface area contributed by atoms with Crippen LogP contribution in [-0.4, -0.2) is 25.2 Å². The maximum atomic E-state index is 10.9. The van der Waals surface area contributed by atoms with Crippen LogP contribution in [0.4, 0.5) is 0 Å². The van der Waals surface area contributed by atoms with Crippen LogP contribution in [-0.2, 0) is 19.1 Å². The Morgan fingerprint density at radius 2 is 1.00 bits per heavy atom. The second kappa shape index (κ2) is 17.3. The van der Waals surface area contributed by atoms with Crippen LogP contribution in [0.5, 0.6) is 11.5 Å². The molecule has 0 unspecified atom stereocenters. The molecule has 6 nitrogen and oxygen atoms in total. The first-order valence-electron chi connectivity index (χ1n) is 10.5. The van der Waals surface area contributed by atoms with E-state index in [1.54, 1.807) is 12.2 Å². The lowest BCUT2D eigenvalue weighted by molar-refractivity contribution is -0.133. The summed E-state index contributed by atoms with van der Waals surface area (Å²) in [5.41, 5.74) is 2.12. The number of esters is 2. The zero-order valence-corrected chi connectivity index (χ0v) is 19.2. The Bertz CT molecular complexity index is 876. The Kier molecular flexibility index (Phi) is 14.1. The van der Waals surface area contributed by atoms with E-state index >= 15 is 0 Å². The Labute approximate surface area is 201 Å². The Morgan fingerprint density at radius 3 is 1.32 bits per heavy atom. The van der Waals surface area contributed by atoms with Gasteiger partial charge in [0.1, 0.15) is 11.5 Å². The number of hydrogen-bond donors (Lipinski definition) is 0. The van der Waals surface area contributed by atoms with E-state index < -0.39 is 11.9 Å².